The number of rotatable bonds is 4. The van der Waals surface area contributed by atoms with Gasteiger partial charge in [-0.3, -0.25) is 9.59 Å². The minimum absolute atomic E-state index is 0.138. The van der Waals surface area contributed by atoms with Gasteiger partial charge in [-0.15, -0.1) is 0 Å². The van der Waals surface area contributed by atoms with Gasteiger partial charge in [0.05, 0.1) is 0 Å². The molecule has 148 valence electrons. The lowest BCUT2D eigenvalue weighted by Crippen LogP contribution is -2.42. The lowest BCUT2D eigenvalue weighted by molar-refractivity contribution is 0.0910. The summed E-state index contributed by atoms with van der Waals surface area (Å²) >= 11 is 0. The summed E-state index contributed by atoms with van der Waals surface area (Å²) in [4.78, 5) is 25.5. The molecule has 1 aromatic rings. The van der Waals surface area contributed by atoms with E-state index in [2.05, 4.69) is 24.5 Å². The topological polar surface area (TPSA) is 84.2 Å². The molecule has 2 aliphatic carbocycles. The van der Waals surface area contributed by atoms with E-state index in [1.807, 2.05) is 0 Å². The van der Waals surface area contributed by atoms with Gasteiger partial charge >= 0.3 is 0 Å². The maximum atomic E-state index is 12.7. The van der Waals surface area contributed by atoms with Gasteiger partial charge in [0, 0.05) is 28.9 Å². The molecule has 0 saturated heterocycles. The average Bonchev–Trinajstić information content (AvgIpc) is 2.65. The van der Waals surface area contributed by atoms with E-state index in [9.17, 15) is 9.59 Å². The number of amides is 2. The predicted molar refractivity (Wildman–Crippen MR) is 109 cm³/mol. The summed E-state index contributed by atoms with van der Waals surface area (Å²) < 4.78 is 0. The van der Waals surface area contributed by atoms with Crippen LogP contribution >= 0.6 is 0 Å². The Balaban J connectivity index is 1.69. The number of carbonyl (C=O) groups excluding carboxylic acids is 2. The van der Waals surface area contributed by atoms with Crippen molar-refractivity contribution in [1.82, 2.24) is 10.6 Å². The maximum absolute atomic E-state index is 12.7. The Morgan fingerprint density at radius 1 is 0.778 bits per heavy atom. The molecule has 0 heterocycles. The molecule has 5 nitrogen and oxygen atoms in total. The summed E-state index contributed by atoms with van der Waals surface area (Å²) in [6.45, 7) is 4.38. The fraction of sp³-hybridized carbons (Fsp3) is 0.636. The Morgan fingerprint density at radius 2 is 1.19 bits per heavy atom. The molecule has 2 amide bonds. The van der Waals surface area contributed by atoms with Crippen molar-refractivity contribution in [1.29, 1.82) is 0 Å². The van der Waals surface area contributed by atoms with E-state index in [0.29, 0.717) is 28.7 Å². The molecule has 2 aliphatic rings. The number of anilines is 1. The van der Waals surface area contributed by atoms with Gasteiger partial charge in [-0.25, -0.2) is 0 Å². The highest BCUT2D eigenvalue weighted by Gasteiger charge is 2.25. The fourth-order valence-corrected chi connectivity index (χ4v) is 4.48. The van der Waals surface area contributed by atoms with Crippen molar-refractivity contribution in [3.63, 3.8) is 0 Å². The smallest absolute Gasteiger partial charge is 0.251 e. The van der Waals surface area contributed by atoms with Crippen LogP contribution in [0.3, 0.4) is 0 Å². The minimum Gasteiger partial charge on any atom is -0.399 e. The molecule has 4 unspecified atom stereocenters. The Morgan fingerprint density at radius 3 is 1.59 bits per heavy atom. The summed E-state index contributed by atoms with van der Waals surface area (Å²) in [5.74, 6) is 0.695. The van der Waals surface area contributed by atoms with Crippen molar-refractivity contribution in [3.8, 4) is 0 Å². The Hall–Kier alpha value is -2.04. The van der Waals surface area contributed by atoms with Crippen LogP contribution in [0, 0.1) is 11.8 Å². The van der Waals surface area contributed by atoms with Gasteiger partial charge in [0.25, 0.3) is 11.8 Å². The molecule has 5 heteroatoms. The van der Waals surface area contributed by atoms with Crippen LogP contribution in [-0.4, -0.2) is 23.9 Å². The monoisotopic (exact) mass is 371 g/mol. The second-order valence-electron chi connectivity index (χ2n) is 8.53. The lowest BCUT2D eigenvalue weighted by atomic mass is 9.85. The number of nitrogen functional groups attached to an aromatic ring is 1. The van der Waals surface area contributed by atoms with E-state index in [0.717, 1.165) is 38.5 Å². The highest BCUT2D eigenvalue weighted by atomic mass is 16.2. The van der Waals surface area contributed by atoms with E-state index in [-0.39, 0.29) is 23.9 Å². The molecule has 0 spiro atoms. The van der Waals surface area contributed by atoms with Crippen LogP contribution in [0.2, 0.25) is 0 Å². The van der Waals surface area contributed by atoms with Crippen molar-refractivity contribution in [2.45, 2.75) is 77.3 Å². The molecular weight excluding hydrogens is 338 g/mol. The van der Waals surface area contributed by atoms with E-state index >= 15 is 0 Å². The number of hydrogen-bond acceptors (Lipinski definition) is 3. The van der Waals surface area contributed by atoms with Gasteiger partial charge in [0.15, 0.2) is 0 Å². The van der Waals surface area contributed by atoms with E-state index in [1.165, 1.54) is 12.8 Å². The van der Waals surface area contributed by atoms with Gasteiger partial charge in [-0.1, -0.05) is 39.5 Å². The number of benzene rings is 1. The SMILES string of the molecule is CC1CCCCC1NC(=O)c1cc(N)cc(C(=O)NC2CCCCC2C)c1. The van der Waals surface area contributed by atoms with Gasteiger partial charge in [0.1, 0.15) is 0 Å². The number of hydrogen-bond donors (Lipinski definition) is 3. The van der Waals surface area contributed by atoms with Crippen molar-refractivity contribution < 1.29 is 9.59 Å². The van der Waals surface area contributed by atoms with Gasteiger partial charge in [-0.2, -0.15) is 0 Å². The summed E-state index contributed by atoms with van der Waals surface area (Å²) in [6, 6.07) is 5.38. The molecule has 0 bridgehead atoms. The zero-order chi connectivity index (χ0) is 19.4. The summed E-state index contributed by atoms with van der Waals surface area (Å²) in [5, 5.41) is 6.28. The lowest BCUT2D eigenvalue weighted by Gasteiger charge is -2.30. The molecule has 4 atom stereocenters. The number of nitrogens with two attached hydrogens (primary N) is 1. The fourth-order valence-electron chi connectivity index (χ4n) is 4.48. The molecule has 27 heavy (non-hydrogen) atoms. The highest BCUT2D eigenvalue weighted by molar-refractivity contribution is 6.01. The van der Waals surface area contributed by atoms with Crippen molar-refractivity contribution in [2.24, 2.45) is 11.8 Å². The third-order valence-electron chi connectivity index (χ3n) is 6.34. The summed E-state index contributed by atoms with van der Waals surface area (Å²) in [7, 11) is 0. The molecule has 1 aromatic carbocycles. The molecule has 0 radical (unpaired) electrons. The van der Waals surface area contributed by atoms with Gasteiger partial charge in [0.2, 0.25) is 0 Å². The van der Waals surface area contributed by atoms with Gasteiger partial charge in [-0.05, 0) is 55.7 Å². The van der Waals surface area contributed by atoms with Crippen LogP contribution < -0.4 is 16.4 Å². The normalized spacial score (nSPS) is 28.4. The standard InChI is InChI=1S/C22H33N3O2/c1-14-7-3-5-9-19(14)24-21(26)16-11-17(13-18(23)12-16)22(27)25-20-10-6-4-8-15(20)2/h11-15,19-20H,3-10,23H2,1-2H3,(H,24,26)(H,25,27). The second-order valence-corrected chi connectivity index (χ2v) is 8.53. The first kappa shape index (κ1) is 19.7. The van der Waals surface area contributed by atoms with Crippen molar-refractivity contribution in [3.05, 3.63) is 29.3 Å². The van der Waals surface area contributed by atoms with Crippen LogP contribution in [0.4, 0.5) is 5.69 Å². The molecule has 4 N–H and O–H groups in total. The first-order chi connectivity index (χ1) is 12.9. The summed E-state index contributed by atoms with van der Waals surface area (Å²) in [6.07, 6.45) is 9.10. The van der Waals surface area contributed by atoms with E-state index in [1.54, 1.807) is 18.2 Å². The quantitative estimate of drug-likeness (QED) is 0.702. The first-order valence-corrected chi connectivity index (χ1v) is 10.5. The van der Waals surface area contributed by atoms with E-state index in [4.69, 9.17) is 5.73 Å². The third kappa shape index (κ3) is 5.02. The van der Waals surface area contributed by atoms with Crippen LogP contribution in [-0.2, 0) is 0 Å². The number of nitrogens with one attached hydrogen (secondary N) is 2. The molecule has 2 saturated carbocycles. The van der Waals surface area contributed by atoms with E-state index < -0.39 is 0 Å². The van der Waals surface area contributed by atoms with Crippen LogP contribution in [0.1, 0.15) is 85.9 Å². The molecule has 0 aromatic heterocycles. The summed E-state index contributed by atoms with van der Waals surface area (Å²) in [5.41, 5.74) is 7.38. The van der Waals surface area contributed by atoms with Crippen LogP contribution in [0.25, 0.3) is 0 Å². The van der Waals surface area contributed by atoms with Gasteiger partial charge < -0.3 is 16.4 Å². The molecular formula is C22H33N3O2. The zero-order valence-electron chi connectivity index (χ0n) is 16.6. The van der Waals surface area contributed by atoms with Crippen LogP contribution in [0.5, 0.6) is 0 Å². The Labute approximate surface area is 162 Å². The molecule has 3 rings (SSSR count). The Bertz CT molecular complexity index is 634. The van der Waals surface area contributed by atoms with Crippen LogP contribution in [0.15, 0.2) is 18.2 Å². The Kier molecular flexibility index (Phi) is 6.40. The zero-order valence-corrected chi connectivity index (χ0v) is 16.6. The highest BCUT2D eigenvalue weighted by Crippen LogP contribution is 2.25. The maximum Gasteiger partial charge on any atom is 0.251 e. The minimum atomic E-state index is -0.138. The molecule has 2 fully saturated rings. The average molecular weight is 372 g/mol. The first-order valence-electron chi connectivity index (χ1n) is 10.5. The third-order valence-corrected chi connectivity index (χ3v) is 6.34. The van der Waals surface area contributed by atoms with Crippen molar-refractivity contribution >= 4 is 17.5 Å². The second kappa shape index (κ2) is 8.77. The van der Waals surface area contributed by atoms with Crippen molar-refractivity contribution in [2.75, 3.05) is 5.73 Å². The molecule has 0 aliphatic heterocycles. The number of carbonyl (C=O) groups is 2. The largest absolute Gasteiger partial charge is 0.399 e. The predicted octanol–water partition coefficient (Wildman–Crippen LogP) is 3.89.